The molecule has 54 valence electrons. The zero-order valence-corrected chi connectivity index (χ0v) is 6.06. The highest BCUT2D eigenvalue weighted by Crippen LogP contribution is 2.05. The SMILES string of the molecule is OCC(Br)C(O)/N=N\O. The van der Waals surface area contributed by atoms with Gasteiger partial charge in [0.05, 0.1) is 11.4 Å². The highest BCUT2D eigenvalue weighted by Gasteiger charge is 2.12. The van der Waals surface area contributed by atoms with Gasteiger partial charge in [-0.05, 0) is 0 Å². The lowest BCUT2D eigenvalue weighted by atomic mass is 10.4. The Balaban J connectivity index is 3.58. The Morgan fingerprint density at radius 3 is 2.44 bits per heavy atom. The van der Waals surface area contributed by atoms with Gasteiger partial charge in [-0.1, -0.05) is 15.9 Å². The third-order valence-electron chi connectivity index (χ3n) is 0.668. The minimum atomic E-state index is -1.19. The van der Waals surface area contributed by atoms with Gasteiger partial charge in [0.2, 0.25) is 0 Å². The van der Waals surface area contributed by atoms with Gasteiger partial charge < -0.3 is 15.4 Å². The Morgan fingerprint density at radius 1 is 1.56 bits per heavy atom. The van der Waals surface area contributed by atoms with Gasteiger partial charge in [-0.25, -0.2) is 0 Å². The van der Waals surface area contributed by atoms with Gasteiger partial charge in [0.1, 0.15) is 0 Å². The zero-order valence-electron chi connectivity index (χ0n) is 4.48. The van der Waals surface area contributed by atoms with E-state index >= 15 is 0 Å². The monoisotopic (exact) mass is 198 g/mol. The van der Waals surface area contributed by atoms with Gasteiger partial charge in [-0.2, -0.15) is 0 Å². The number of aliphatic hydroxyl groups excluding tert-OH is 2. The van der Waals surface area contributed by atoms with Crippen molar-refractivity contribution in [2.45, 2.75) is 11.1 Å². The fraction of sp³-hybridized carbons (Fsp3) is 1.00. The van der Waals surface area contributed by atoms with Crippen LogP contribution in [0.25, 0.3) is 0 Å². The molecule has 6 heteroatoms. The van der Waals surface area contributed by atoms with Crippen molar-refractivity contribution in [2.75, 3.05) is 6.61 Å². The smallest absolute Gasteiger partial charge is 0.184 e. The summed E-state index contributed by atoms with van der Waals surface area (Å²) in [6.45, 7) is -0.264. The molecule has 0 spiro atoms. The van der Waals surface area contributed by atoms with Crippen LogP contribution in [0.4, 0.5) is 0 Å². The van der Waals surface area contributed by atoms with Gasteiger partial charge in [-0.3, -0.25) is 0 Å². The molecule has 0 aromatic heterocycles. The van der Waals surface area contributed by atoms with Gasteiger partial charge in [0.25, 0.3) is 0 Å². The third kappa shape index (κ3) is 3.39. The third-order valence-corrected chi connectivity index (χ3v) is 1.43. The van der Waals surface area contributed by atoms with Crippen molar-refractivity contribution in [3.63, 3.8) is 0 Å². The van der Waals surface area contributed by atoms with E-state index in [1.807, 2.05) is 0 Å². The molecule has 0 aromatic carbocycles. The van der Waals surface area contributed by atoms with Gasteiger partial charge in [0.15, 0.2) is 6.23 Å². The fourth-order valence-corrected chi connectivity index (χ4v) is 0.325. The summed E-state index contributed by atoms with van der Waals surface area (Å²) in [5.74, 6) is 0. The van der Waals surface area contributed by atoms with Crippen LogP contribution in [0.5, 0.6) is 0 Å². The Hall–Kier alpha value is -0.200. The molecular formula is C3H7BrN2O3. The van der Waals surface area contributed by atoms with Crippen LogP contribution < -0.4 is 0 Å². The summed E-state index contributed by atoms with van der Waals surface area (Å²) >= 11 is 2.88. The molecule has 0 aliphatic carbocycles. The minimum Gasteiger partial charge on any atom is -0.395 e. The first-order chi connectivity index (χ1) is 4.22. The number of hydrogen-bond donors (Lipinski definition) is 3. The topological polar surface area (TPSA) is 85.4 Å². The van der Waals surface area contributed by atoms with Crippen LogP contribution in [0.3, 0.4) is 0 Å². The molecule has 9 heavy (non-hydrogen) atoms. The minimum absolute atomic E-state index is 0.264. The van der Waals surface area contributed by atoms with Crippen LogP contribution in [0, 0.1) is 0 Å². The Labute approximate surface area is 60.1 Å². The first-order valence-corrected chi connectivity index (χ1v) is 3.11. The quantitative estimate of drug-likeness (QED) is 0.337. The molecule has 0 saturated heterocycles. The van der Waals surface area contributed by atoms with Crippen LogP contribution in [-0.4, -0.2) is 33.1 Å². The Kier molecular flexibility index (Phi) is 4.55. The van der Waals surface area contributed by atoms with E-state index in [-0.39, 0.29) is 6.61 Å². The van der Waals surface area contributed by atoms with E-state index in [0.29, 0.717) is 0 Å². The number of rotatable bonds is 3. The number of alkyl halides is 1. The fourth-order valence-electron chi connectivity index (χ4n) is 0.220. The van der Waals surface area contributed by atoms with E-state index in [0.717, 1.165) is 0 Å². The molecule has 2 atom stereocenters. The summed E-state index contributed by atoms with van der Waals surface area (Å²) in [5, 5.41) is 30.1. The highest BCUT2D eigenvalue weighted by atomic mass is 79.9. The average molecular weight is 199 g/mol. The van der Waals surface area contributed by atoms with Gasteiger partial charge in [0, 0.05) is 5.28 Å². The molecule has 0 aliphatic rings. The Morgan fingerprint density at radius 2 is 2.11 bits per heavy atom. The molecule has 0 fully saturated rings. The predicted molar refractivity (Wildman–Crippen MR) is 32.5 cm³/mol. The lowest BCUT2D eigenvalue weighted by molar-refractivity contribution is 0.125. The van der Waals surface area contributed by atoms with Crippen molar-refractivity contribution >= 4 is 15.9 Å². The van der Waals surface area contributed by atoms with E-state index in [2.05, 4.69) is 26.3 Å². The first kappa shape index (κ1) is 8.80. The predicted octanol–water partition coefficient (Wildman–Crippen LogP) is -0.0980. The maximum Gasteiger partial charge on any atom is 0.184 e. The molecule has 0 aliphatic heterocycles. The summed E-state index contributed by atoms with van der Waals surface area (Å²) in [7, 11) is 0. The van der Waals surface area contributed by atoms with E-state index in [9.17, 15) is 0 Å². The first-order valence-electron chi connectivity index (χ1n) is 2.19. The van der Waals surface area contributed by atoms with Crippen LogP contribution in [0.15, 0.2) is 10.4 Å². The molecule has 0 amide bonds. The molecule has 5 nitrogen and oxygen atoms in total. The van der Waals surface area contributed by atoms with Crippen LogP contribution in [0.1, 0.15) is 0 Å². The second-order valence-electron chi connectivity index (χ2n) is 1.32. The van der Waals surface area contributed by atoms with Gasteiger partial charge >= 0.3 is 0 Å². The van der Waals surface area contributed by atoms with E-state index < -0.39 is 11.1 Å². The zero-order chi connectivity index (χ0) is 7.28. The molecule has 0 radical (unpaired) electrons. The van der Waals surface area contributed by atoms with Crippen molar-refractivity contribution in [1.82, 2.24) is 0 Å². The maximum atomic E-state index is 8.69. The van der Waals surface area contributed by atoms with Crippen molar-refractivity contribution < 1.29 is 15.4 Å². The van der Waals surface area contributed by atoms with E-state index in [4.69, 9.17) is 15.4 Å². The van der Waals surface area contributed by atoms with Crippen molar-refractivity contribution in [3.8, 4) is 0 Å². The van der Waals surface area contributed by atoms with E-state index in [1.54, 1.807) is 0 Å². The van der Waals surface area contributed by atoms with Crippen molar-refractivity contribution in [2.24, 2.45) is 10.4 Å². The average Bonchev–Trinajstić information content (AvgIpc) is 1.87. The normalized spacial score (nSPS) is 18.1. The molecule has 0 saturated carbocycles. The molecule has 2 unspecified atom stereocenters. The van der Waals surface area contributed by atoms with Crippen LogP contribution >= 0.6 is 15.9 Å². The van der Waals surface area contributed by atoms with Crippen molar-refractivity contribution in [1.29, 1.82) is 0 Å². The summed E-state index contributed by atoms with van der Waals surface area (Å²) in [6, 6.07) is 0. The lowest BCUT2D eigenvalue weighted by Crippen LogP contribution is -2.20. The maximum absolute atomic E-state index is 8.69. The number of halogens is 1. The van der Waals surface area contributed by atoms with E-state index in [1.165, 1.54) is 0 Å². The molecular weight excluding hydrogens is 192 g/mol. The molecule has 0 rings (SSSR count). The highest BCUT2D eigenvalue weighted by molar-refractivity contribution is 9.09. The molecule has 3 N–H and O–H groups in total. The summed E-state index contributed by atoms with van der Waals surface area (Å²) in [5.41, 5.74) is 0. The van der Waals surface area contributed by atoms with Crippen LogP contribution in [0.2, 0.25) is 0 Å². The Bertz CT molecular complexity index is 99.1. The second kappa shape index (κ2) is 4.66. The number of aliphatic hydroxyl groups is 2. The number of hydrogen-bond acceptors (Lipinski definition) is 4. The summed E-state index contributed by atoms with van der Waals surface area (Å²) in [4.78, 5) is -0.576. The number of nitrogens with zero attached hydrogens (tertiary/aromatic N) is 2. The largest absolute Gasteiger partial charge is 0.395 e. The second-order valence-corrected chi connectivity index (χ2v) is 2.49. The van der Waals surface area contributed by atoms with Crippen LogP contribution in [-0.2, 0) is 0 Å². The molecule has 0 heterocycles. The lowest BCUT2D eigenvalue weighted by Gasteiger charge is -2.06. The molecule has 0 aromatic rings. The van der Waals surface area contributed by atoms with Crippen molar-refractivity contribution in [3.05, 3.63) is 0 Å². The summed E-state index contributed by atoms with van der Waals surface area (Å²) < 4.78 is 0. The molecule has 0 bridgehead atoms. The van der Waals surface area contributed by atoms with Gasteiger partial charge in [-0.15, -0.1) is 5.11 Å². The summed E-state index contributed by atoms with van der Waals surface area (Å²) in [6.07, 6.45) is -1.19. The standard InChI is InChI=1S/C3H7BrN2O3/c4-2(1-7)3(8)5-6-9/h2-3,7-8H,1H2,(H,5,9).